The lowest BCUT2D eigenvalue weighted by molar-refractivity contribution is -0.141. The molecular formula is C13H26N2O3. The third-order valence-electron chi connectivity index (χ3n) is 2.59. The average Bonchev–Trinajstić information content (AvgIpc) is 2.09. The summed E-state index contributed by atoms with van der Waals surface area (Å²) in [5.41, 5.74) is -0.523. The lowest BCUT2D eigenvalue weighted by Crippen LogP contribution is -2.53. The highest BCUT2D eigenvalue weighted by Crippen LogP contribution is 2.19. The zero-order valence-corrected chi connectivity index (χ0v) is 12.2. The van der Waals surface area contributed by atoms with E-state index < -0.39 is 23.5 Å². The number of hydrogen-bond acceptors (Lipinski definition) is 2. The number of nitrogens with one attached hydrogen (secondary N) is 2. The van der Waals surface area contributed by atoms with Gasteiger partial charge >= 0.3 is 12.0 Å². The van der Waals surface area contributed by atoms with Gasteiger partial charge in [0.1, 0.15) is 6.04 Å². The van der Waals surface area contributed by atoms with Crippen molar-refractivity contribution < 1.29 is 14.7 Å². The summed E-state index contributed by atoms with van der Waals surface area (Å²) in [6, 6.07) is -1.30. The van der Waals surface area contributed by atoms with Crippen molar-refractivity contribution in [3.8, 4) is 0 Å². The molecule has 0 aliphatic carbocycles. The lowest BCUT2D eigenvalue weighted by Gasteiger charge is -2.28. The van der Waals surface area contributed by atoms with Crippen LogP contribution in [0.2, 0.25) is 0 Å². The third kappa shape index (κ3) is 6.47. The molecule has 2 amide bonds. The van der Waals surface area contributed by atoms with Gasteiger partial charge < -0.3 is 15.7 Å². The van der Waals surface area contributed by atoms with Crippen LogP contribution in [-0.2, 0) is 4.79 Å². The van der Waals surface area contributed by atoms with E-state index in [1.807, 2.05) is 6.92 Å². The fourth-order valence-corrected chi connectivity index (χ4v) is 1.81. The van der Waals surface area contributed by atoms with Gasteiger partial charge in [-0.1, -0.05) is 34.6 Å². The first kappa shape index (κ1) is 16.7. The van der Waals surface area contributed by atoms with Gasteiger partial charge in [0.25, 0.3) is 0 Å². The summed E-state index contributed by atoms with van der Waals surface area (Å²) in [5, 5.41) is 14.4. The summed E-state index contributed by atoms with van der Waals surface area (Å²) in [6.45, 7) is 11.4. The van der Waals surface area contributed by atoms with Gasteiger partial charge in [-0.2, -0.15) is 0 Å². The van der Waals surface area contributed by atoms with Gasteiger partial charge in [0.2, 0.25) is 0 Å². The third-order valence-corrected chi connectivity index (χ3v) is 2.59. The first-order chi connectivity index (χ1) is 8.04. The highest BCUT2D eigenvalue weighted by molar-refractivity contribution is 5.83. The molecule has 0 bridgehead atoms. The number of aliphatic carboxylic acids is 1. The topological polar surface area (TPSA) is 78.4 Å². The Bertz CT molecular complexity index is 295. The van der Waals surface area contributed by atoms with Gasteiger partial charge in [0.15, 0.2) is 0 Å². The van der Waals surface area contributed by atoms with E-state index in [1.165, 1.54) is 0 Å². The molecule has 0 saturated carbocycles. The molecule has 0 saturated heterocycles. The second-order valence-corrected chi connectivity index (χ2v) is 6.29. The molecule has 0 aliphatic rings. The fraction of sp³-hybridized carbons (Fsp3) is 0.846. The Balaban J connectivity index is 4.41. The van der Waals surface area contributed by atoms with Crippen LogP contribution in [0.5, 0.6) is 0 Å². The zero-order chi connectivity index (χ0) is 14.5. The van der Waals surface area contributed by atoms with Crippen molar-refractivity contribution in [2.45, 2.75) is 60.0 Å². The molecule has 0 aromatic rings. The molecule has 5 nitrogen and oxygen atoms in total. The molecule has 2 atom stereocenters. The quantitative estimate of drug-likeness (QED) is 0.707. The van der Waals surface area contributed by atoms with Gasteiger partial charge in [-0.15, -0.1) is 0 Å². The first-order valence-electron chi connectivity index (χ1n) is 6.34. The molecule has 0 aliphatic heterocycles. The number of amides is 2. The molecular weight excluding hydrogens is 232 g/mol. The van der Waals surface area contributed by atoms with Crippen molar-refractivity contribution in [1.29, 1.82) is 0 Å². The number of rotatable bonds is 5. The van der Waals surface area contributed by atoms with E-state index in [4.69, 9.17) is 5.11 Å². The Morgan fingerprint density at radius 2 is 1.61 bits per heavy atom. The van der Waals surface area contributed by atoms with Crippen LogP contribution in [0.1, 0.15) is 48.0 Å². The predicted molar refractivity (Wildman–Crippen MR) is 71.5 cm³/mol. The van der Waals surface area contributed by atoms with E-state index in [0.29, 0.717) is 5.92 Å². The lowest BCUT2D eigenvalue weighted by atomic mass is 9.87. The maximum atomic E-state index is 11.7. The molecule has 0 fully saturated rings. The molecule has 18 heavy (non-hydrogen) atoms. The van der Waals surface area contributed by atoms with Crippen molar-refractivity contribution in [2.75, 3.05) is 0 Å². The maximum Gasteiger partial charge on any atom is 0.326 e. The van der Waals surface area contributed by atoms with E-state index in [0.717, 1.165) is 6.42 Å². The van der Waals surface area contributed by atoms with Crippen LogP contribution in [0.25, 0.3) is 0 Å². The molecule has 0 heterocycles. The Hall–Kier alpha value is -1.26. The number of carbonyl (C=O) groups is 2. The summed E-state index contributed by atoms with van der Waals surface area (Å²) in [4.78, 5) is 22.8. The molecule has 0 aromatic carbocycles. The Morgan fingerprint density at radius 1 is 1.11 bits per heavy atom. The predicted octanol–water partition coefficient (Wildman–Crippen LogP) is 2.22. The second-order valence-electron chi connectivity index (χ2n) is 6.29. The number of urea groups is 1. The number of carboxylic acid groups (broad SMARTS) is 1. The van der Waals surface area contributed by atoms with Crippen LogP contribution < -0.4 is 10.6 Å². The molecule has 1 unspecified atom stereocenters. The second kappa shape index (κ2) is 6.61. The monoisotopic (exact) mass is 258 g/mol. The van der Waals surface area contributed by atoms with Crippen molar-refractivity contribution in [3.63, 3.8) is 0 Å². The summed E-state index contributed by atoms with van der Waals surface area (Å²) in [7, 11) is 0. The minimum absolute atomic E-state index is 0.0272. The van der Waals surface area contributed by atoms with E-state index in [-0.39, 0.29) is 6.04 Å². The van der Waals surface area contributed by atoms with E-state index in [1.54, 1.807) is 20.8 Å². The molecule has 106 valence electrons. The number of carboxylic acids is 1. The Morgan fingerprint density at radius 3 is 1.94 bits per heavy atom. The minimum Gasteiger partial charge on any atom is -0.480 e. The van der Waals surface area contributed by atoms with Gasteiger partial charge in [0.05, 0.1) is 0 Å². The first-order valence-corrected chi connectivity index (χ1v) is 6.34. The van der Waals surface area contributed by atoms with Gasteiger partial charge in [-0.05, 0) is 24.7 Å². The number of carbonyl (C=O) groups excluding carboxylic acids is 1. The van der Waals surface area contributed by atoms with E-state index in [9.17, 15) is 9.59 Å². The van der Waals surface area contributed by atoms with Crippen molar-refractivity contribution >= 4 is 12.0 Å². The van der Waals surface area contributed by atoms with Crippen LogP contribution in [-0.4, -0.2) is 29.2 Å². The van der Waals surface area contributed by atoms with Gasteiger partial charge in [0, 0.05) is 6.04 Å². The largest absolute Gasteiger partial charge is 0.480 e. The fourth-order valence-electron chi connectivity index (χ4n) is 1.81. The maximum absolute atomic E-state index is 11.7. The van der Waals surface area contributed by atoms with Crippen LogP contribution in [0.15, 0.2) is 0 Å². The summed E-state index contributed by atoms with van der Waals surface area (Å²) in [6.07, 6.45) is 0.862. The molecule has 0 radical (unpaired) electrons. The average molecular weight is 258 g/mol. The van der Waals surface area contributed by atoms with E-state index >= 15 is 0 Å². The molecule has 3 N–H and O–H groups in total. The van der Waals surface area contributed by atoms with Crippen LogP contribution in [0, 0.1) is 11.3 Å². The Kier molecular flexibility index (Phi) is 6.15. The highest BCUT2D eigenvalue weighted by Gasteiger charge is 2.32. The highest BCUT2D eigenvalue weighted by atomic mass is 16.4. The Labute approximate surface area is 109 Å². The summed E-state index contributed by atoms with van der Waals surface area (Å²) in [5.74, 6) is -0.535. The molecule has 0 spiro atoms. The molecule has 0 aromatic heterocycles. The normalized spacial score (nSPS) is 15.1. The van der Waals surface area contributed by atoms with Gasteiger partial charge in [-0.3, -0.25) is 0 Å². The SMILES string of the molecule is CC(C)CC(C)NC(=O)N[C@H](C(=O)O)C(C)(C)C. The minimum atomic E-state index is -1.02. The van der Waals surface area contributed by atoms with Crippen molar-refractivity contribution in [3.05, 3.63) is 0 Å². The molecule has 0 rings (SSSR count). The van der Waals surface area contributed by atoms with Crippen LogP contribution >= 0.6 is 0 Å². The summed E-state index contributed by atoms with van der Waals surface area (Å²) >= 11 is 0. The molecule has 5 heteroatoms. The summed E-state index contributed by atoms with van der Waals surface area (Å²) < 4.78 is 0. The van der Waals surface area contributed by atoms with Crippen LogP contribution in [0.3, 0.4) is 0 Å². The van der Waals surface area contributed by atoms with Gasteiger partial charge in [-0.25, -0.2) is 9.59 Å². The standard InChI is InChI=1S/C13H26N2O3/c1-8(2)7-9(3)14-12(18)15-10(11(16)17)13(4,5)6/h8-10H,7H2,1-6H3,(H,16,17)(H2,14,15,18)/t9?,10-/m1/s1. The van der Waals surface area contributed by atoms with Crippen molar-refractivity contribution in [1.82, 2.24) is 10.6 Å². The van der Waals surface area contributed by atoms with E-state index in [2.05, 4.69) is 24.5 Å². The van der Waals surface area contributed by atoms with Crippen molar-refractivity contribution in [2.24, 2.45) is 11.3 Å². The number of hydrogen-bond donors (Lipinski definition) is 3. The smallest absolute Gasteiger partial charge is 0.326 e. The zero-order valence-electron chi connectivity index (χ0n) is 12.2. The van der Waals surface area contributed by atoms with Crippen LogP contribution in [0.4, 0.5) is 4.79 Å².